The number of rotatable bonds is 7. The number of ether oxygens (including phenoxy) is 1. The highest BCUT2D eigenvalue weighted by atomic mass is 16.5. The Kier molecular flexibility index (Phi) is 7.17. The fourth-order valence-electron chi connectivity index (χ4n) is 2.99. The number of esters is 1. The van der Waals surface area contributed by atoms with Gasteiger partial charge >= 0.3 is 5.97 Å². The van der Waals surface area contributed by atoms with E-state index < -0.39 is 23.9 Å². The first-order chi connectivity index (χ1) is 14.9. The van der Waals surface area contributed by atoms with Crippen LogP contribution in [0.1, 0.15) is 33.2 Å². The Morgan fingerprint density at radius 3 is 2.19 bits per heavy atom. The van der Waals surface area contributed by atoms with Crippen LogP contribution in [-0.2, 0) is 14.3 Å². The number of carbonyl (C=O) groups excluding carboxylic acids is 3. The van der Waals surface area contributed by atoms with E-state index in [2.05, 4.69) is 10.6 Å². The highest BCUT2D eigenvalue weighted by molar-refractivity contribution is 5.98. The molecule has 0 aliphatic carbocycles. The van der Waals surface area contributed by atoms with E-state index in [-0.39, 0.29) is 6.54 Å². The van der Waals surface area contributed by atoms with Crippen molar-refractivity contribution in [2.75, 3.05) is 11.9 Å². The average molecular weight is 416 g/mol. The van der Waals surface area contributed by atoms with Crippen molar-refractivity contribution in [1.29, 1.82) is 0 Å². The molecule has 31 heavy (non-hydrogen) atoms. The number of carbonyl (C=O) groups is 3. The zero-order valence-electron chi connectivity index (χ0n) is 17.4. The molecule has 6 heteroatoms. The quantitative estimate of drug-likeness (QED) is 0.571. The highest BCUT2D eigenvalue weighted by Crippen LogP contribution is 2.22. The van der Waals surface area contributed by atoms with E-state index in [0.29, 0.717) is 16.8 Å². The molecule has 3 aromatic rings. The smallest absolute Gasteiger partial charge is 0.326 e. The minimum atomic E-state index is -1.15. The molecule has 1 unspecified atom stereocenters. The van der Waals surface area contributed by atoms with Gasteiger partial charge in [0.1, 0.15) is 6.54 Å². The van der Waals surface area contributed by atoms with Gasteiger partial charge in [-0.05, 0) is 43.2 Å². The van der Waals surface area contributed by atoms with E-state index in [9.17, 15) is 14.4 Å². The number of hydrogen-bond donors (Lipinski definition) is 2. The van der Waals surface area contributed by atoms with E-state index >= 15 is 0 Å². The van der Waals surface area contributed by atoms with Crippen LogP contribution in [0.25, 0.3) is 0 Å². The van der Waals surface area contributed by atoms with E-state index in [4.69, 9.17) is 4.74 Å². The molecular formula is C25H24N2O4. The third-order valence-electron chi connectivity index (χ3n) is 4.67. The zero-order chi connectivity index (χ0) is 22.2. The first-order valence-corrected chi connectivity index (χ1v) is 9.90. The molecule has 3 rings (SSSR count). The number of anilines is 1. The molecule has 158 valence electrons. The summed E-state index contributed by atoms with van der Waals surface area (Å²) in [4.78, 5) is 37.6. The Hall–Kier alpha value is -3.93. The fraction of sp³-hybridized carbons (Fsp3) is 0.160. The molecule has 2 amide bonds. The van der Waals surface area contributed by atoms with Crippen molar-refractivity contribution in [3.05, 3.63) is 101 Å². The van der Waals surface area contributed by atoms with Crippen LogP contribution in [0.2, 0.25) is 0 Å². The predicted molar refractivity (Wildman–Crippen MR) is 119 cm³/mol. The van der Waals surface area contributed by atoms with E-state index in [0.717, 1.165) is 11.1 Å². The van der Waals surface area contributed by atoms with Gasteiger partial charge < -0.3 is 15.4 Å². The van der Waals surface area contributed by atoms with Gasteiger partial charge in [-0.3, -0.25) is 14.4 Å². The first-order valence-electron chi connectivity index (χ1n) is 9.90. The number of nitrogens with one attached hydrogen (secondary N) is 2. The van der Waals surface area contributed by atoms with Crippen LogP contribution in [0, 0.1) is 13.8 Å². The normalized spacial score (nSPS) is 11.3. The van der Waals surface area contributed by atoms with Crippen LogP contribution in [0.3, 0.4) is 0 Å². The summed E-state index contributed by atoms with van der Waals surface area (Å²) >= 11 is 0. The number of benzene rings is 3. The van der Waals surface area contributed by atoms with E-state index in [1.807, 2.05) is 38.1 Å². The second kappa shape index (κ2) is 10.2. The molecule has 0 heterocycles. The summed E-state index contributed by atoms with van der Waals surface area (Å²) in [7, 11) is 0. The third kappa shape index (κ3) is 6.02. The van der Waals surface area contributed by atoms with Gasteiger partial charge in [0.05, 0.1) is 0 Å². The number of hydrogen-bond acceptors (Lipinski definition) is 4. The van der Waals surface area contributed by atoms with Crippen LogP contribution < -0.4 is 10.6 Å². The van der Waals surface area contributed by atoms with Gasteiger partial charge in [0.2, 0.25) is 6.10 Å². The minimum absolute atomic E-state index is 0.353. The van der Waals surface area contributed by atoms with Crippen LogP contribution in [0.5, 0.6) is 0 Å². The lowest BCUT2D eigenvalue weighted by Crippen LogP contribution is -2.33. The van der Waals surface area contributed by atoms with Gasteiger partial charge in [0, 0.05) is 16.8 Å². The van der Waals surface area contributed by atoms with Gasteiger partial charge in [-0.1, -0.05) is 60.7 Å². The molecule has 0 aliphatic rings. The molecule has 0 radical (unpaired) electrons. The summed E-state index contributed by atoms with van der Waals surface area (Å²) in [6, 6.07) is 23.0. The topological polar surface area (TPSA) is 84.5 Å². The Morgan fingerprint density at radius 1 is 0.871 bits per heavy atom. The summed E-state index contributed by atoms with van der Waals surface area (Å²) in [5, 5.41) is 5.36. The van der Waals surface area contributed by atoms with Crippen LogP contribution in [0.15, 0.2) is 78.9 Å². The molecule has 0 saturated heterocycles. The van der Waals surface area contributed by atoms with Gasteiger partial charge in [-0.2, -0.15) is 0 Å². The molecule has 0 saturated carbocycles. The second-order valence-electron chi connectivity index (χ2n) is 7.14. The van der Waals surface area contributed by atoms with Crippen molar-refractivity contribution in [3.63, 3.8) is 0 Å². The lowest BCUT2D eigenvalue weighted by molar-refractivity contribution is -0.153. The fourth-order valence-corrected chi connectivity index (χ4v) is 2.99. The zero-order valence-corrected chi connectivity index (χ0v) is 17.4. The Labute approximate surface area is 181 Å². The Balaban J connectivity index is 1.70. The molecule has 2 N–H and O–H groups in total. The molecule has 1 atom stereocenters. The highest BCUT2D eigenvalue weighted by Gasteiger charge is 2.25. The summed E-state index contributed by atoms with van der Waals surface area (Å²) in [5.74, 6) is -1.58. The van der Waals surface area contributed by atoms with Crippen molar-refractivity contribution in [2.45, 2.75) is 20.0 Å². The molecule has 0 bridgehead atoms. The maximum absolute atomic E-state index is 13.0. The third-order valence-corrected chi connectivity index (χ3v) is 4.67. The second-order valence-corrected chi connectivity index (χ2v) is 7.14. The summed E-state index contributed by atoms with van der Waals surface area (Å²) < 4.78 is 5.46. The molecule has 0 spiro atoms. The van der Waals surface area contributed by atoms with Gasteiger partial charge in [0.25, 0.3) is 11.8 Å². The number of aryl methyl sites for hydroxylation is 2. The standard InChI is InChI=1S/C25H24N2O4/c1-17-13-14-18(2)21(15-17)27-25(30)23(19-9-5-3-6-10-19)31-22(28)16-26-24(29)20-11-7-4-8-12-20/h3-15,23H,16H2,1-2H3,(H,26,29)(H,27,30). The van der Waals surface area contributed by atoms with Crippen molar-refractivity contribution >= 4 is 23.5 Å². The van der Waals surface area contributed by atoms with Gasteiger partial charge in [-0.25, -0.2) is 0 Å². The first kappa shape index (κ1) is 21.8. The minimum Gasteiger partial charge on any atom is -0.446 e. The Bertz CT molecular complexity index is 1070. The molecule has 3 aromatic carbocycles. The SMILES string of the molecule is Cc1ccc(C)c(NC(=O)C(OC(=O)CNC(=O)c2ccccc2)c2ccccc2)c1. The lowest BCUT2D eigenvalue weighted by atomic mass is 10.1. The molecular weight excluding hydrogens is 392 g/mol. The van der Waals surface area contributed by atoms with Crippen molar-refractivity contribution in [2.24, 2.45) is 0 Å². The monoisotopic (exact) mass is 416 g/mol. The summed E-state index contributed by atoms with van der Waals surface area (Å²) in [5.41, 5.74) is 3.51. The average Bonchev–Trinajstić information content (AvgIpc) is 2.79. The molecule has 0 aromatic heterocycles. The largest absolute Gasteiger partial charge is 0.446 e. The number of amides is 2. The van der Waals surface area contributed by atoms with Crippen molar-refractivity contribution in [1.82, 2.24) is 5.32 Å². The van der Waals surface area contributed by atoms with Crippen LogP contribution in [0.4, 0.5) is 5.69 Å². The van der Waals surface area contributed by atoms with E-state index in [1.54, 1.807) is 54.6 Å². The van der Waals surface area contributed by atoms with Crippen molar-refractivity contribution < 1.29 is 19.1 Å². The lowest BCUT2D eigenvalue weighted by Gasteiger charge is -2.19. The van der Waals surface area contributed by atoms with Crippen LogP contribution in [-0.4, -0.2) is 24.3 Å². The van der Waals surface area contributed by atoms with Crippen molar-refractivity contribution in [3.8, 4) is 0 Å². The van der Waals surface area contributed by atoms with Gasteiger partial charge in [-0.15, -0.1) is 0 Å². The van der Waals surface area contributed by atoms with Crippen LogP contribution >= 0.6 is 0 Å². The molecule has 6 nitrogen and oxygen atoms in total. The Morgan fingerprint density at radius 2 is 1.52 bits per heavy atom. The summed E-state index contributed by atoms with van der Waals surface area (Å²) in [6.07, 6.45) is -1.15. The molecule has 0 fully saturated rings. The van der Waals surface area contributed by atoms with E-state index in [1.165, 1.54) is 0 Å². The molecule has 0 aliphatic heterocycles. The maximum Gasteiger partial charge on any atom is 0.326 e. The van der Waals surface area contributed by atoms with Gasteiger partial charge in [0.15, 0.2) is 0 Å². The predicted octanol–water partition coefficient (Wildman–Crippen LogP) is 3.96. The maximum atomic E-state index is 13.0. The summed E-state index contributed by atoms with van der Waals surface area (Å²) in [6.45, 7) is 3.46.